The lowest BCUT2D eigenvalue weighted by atomic mass is 10.1. The Labute approximate surface area is 119 Å². The second kappa shape index (κ2) is 7.78. The molecule has 1 unspecified atom stereocenters. The predicted molar refractivity (Wildman–Crippen MR) is 72.0 cm³/mol. The van der Waals surface area contributed by atoms with Crippen molar-refractivity contribution in [2.75, 3.05) is 13.2 Å². The summed E-state index contributed by atoms with van der Waals surface area (Å²) in [5.41, 5.74) is 0. The number of rotatable bonds is 7. The third-order valence-corrected chi connectivity index (χ3v) is 2.83. The summed E-state index contributed by atoms with van der Waals surface area (Å²) < 4.78 is 11.0. The number of benzene rings is 1. The van der Waals surface area contributed by atoms with E-state index in [9.17, 15) is 9.59 Å². The summed E-state index contributed by atoms with van der Waals surface area (Å²) in [5.74, 6) is -2.50. The average molecular weight is 331 g/mol. The number of carboxylic acids is 1. The highest BCUT2D eigenvalue weighted by Gasteiger charge is 2.27. The monoisotopic (exact) mass is 330 g/mol. The Kier molecular flexibility index (Phi) is 6.35. The van der Waals surface area contributed by atoms with Gasteiger partial charge in [-0.2, -0.15) is 0 Å². The lowest BCUT2D eigenvalue weighted by Gasteiger charge is -2.12. The smallest absolute Gasteiger partial charge is 0.320 e. The first-order valence-electron chi connectivity index (χ1n) is 5.82. The van der Waals surface area contributed by atoms with Gasteiger partial charge in [-0.15, -0.1) is 0 Å². The van der Waals surface area contributed by atoms with Crippen LogP contribution < -0.4 is 4.74 Å². The highest BCUT2D eigenvalue weighted by Crippen LogP contribution is 2.18. The van der Waals surface area contributed by atoms with Gasteiger partial charge in [-0.25, -0.2) is 0 Å². The highest BCUT2D eigenvalue weighted by molar-refractivity contribution is 9.10. The van der Waals surface area contributed by atoms with Gasteiger partial charge in [0, 0.05) is 10.9 Å². The Morgan fingerprint density at radius 3 is 2.74 bits per heavy atom. The molecule has 0 saturated heterocycles. The van der Waals surface area contributed by atoms with Gasteiger partial charge in [0.25, 0.3) is 0 Å². The van der Waals surface area contributed by atoms with Gasteiger partial charge < -0.3 is 14.6 Å². The van der Waals surface area contributed by atoms with Crippen LogP contribution in [0.1, 0.15) is 13.3 Å². The van der Waals surface area contributed by atoms with Gasteiger partial charge in [0.15, 0.2) is 5.92 Å². The van der Waals surface area contributed by atoms with Crippen molar-refractivity contribution in [1.82, 2.24) is 0 Å². The van der Waals surface area contributed by atoms with Crippen LogP contribution in [0.2, 0.25) is 0 Å². The molecule has 0 radical (unpaired) electrons. The second-order valence-corrected chi connectivity index (χ2v) is 4.65. The van der Waals surface area contributed by atoms with Gasteiger partial charge in [-0.05, 0) is 25.1 Å². The SMILES string of the molecule is CCOC(=O)C(CCOc1cccc(Br)c1)C(=O)O. The van der Waals surface area contributed by atoms with Crippen LogP contribution >= 0.6 is 15.9 Å². The van der Waals surface area contributed by atoms with Crippen molar-refractivity contribution in [3.05, 3.63) is 28.7 Å². The zero-order valence-electron chi connectivity index (χ0n) is 10.5. The van der Waals surface area contributed by atoms with E-state index in [1.807, 2.05) is 6.07 Å². The number of ether oxygens (including phenoxy) is 2. The van der Waals surface area contributed by atoms with Crippen LogP contribution in [0.3, 0.4) is 0 Å². The third-order valence-electron chi connectivity index (χ3n) is 2.34. The molecule has 1 N–H and O–H groups in total. The normalized spacial score (nSPS) is 11.7. The van der Waals surface area contributed by atoms with Gasteiger partial charge >= 0.3 is 11.9 Å². The molecule has 0 spiro atoms. The van der Waals surface area contributed by atoms with E-state index in [1.165, 1.54) is 0 Å². The molecule has 0 aliphatic rings. The molecule has 0 bridgehead atoms. The molecule has 0 saturated carbocycles. The van der Waals surface area contributed by atoms with E-state index in [1.54, 1.807) is 25.1 Å². The first kappa shape index (κ1) is 15.5. The van der Waals surface area contributed by atoms with Crippen LogP contribution in [0.15, 0.2) is 28.7 Å². The molecule has 1 aromatic carbocycles. The molecule has 0 fully saturated rings. The number of esters is 1. The number of halogens is 1. The fourth-order valence-corrected chi connectivity index (χ4v) is 1.81. The van der Waals surface area contributed by atoms with E-state index in [4.69, 9.17) is 14.6 Å². The molecular weight excluding hydrogens is 316 g/mol. The molecular formula is C13H15BrO5. The van der Waals surface area contributed by atoms with Gasteiger partial charge in [0.2, 0.25) is 0 Å². The number of hydrogen-bond donors (Lipinski definition) is 1. The fourth-order valence-electron chi connectivity index (χ4n) is 1.44. The molecule has 19 heavy (non-hydrogen) atoms. The Bertz CT molecular complexity index is 446. The van der Waals surface area contributed by atoms with Crippen LogP contribution in [0.5, 0.6) is 5.75 Å². The van der Waals surface area contributed by atoms with E-state index in [-0.39, 0.29) is 19.6 Å². The molecule has 0 aliphatic carbocycles. The summed E-state index contributed by atoms with van der Waals surface area (Å²) >= 11 is 3.30. The minimum Gasteiger partial charge on any atom is -0.494 e. The molecule has 0 aromatic heterocycles. The van der Waals surface area contributed by atoms with E-state index >= 15 is 0 Å². The lowest BCUT2D eigenvalue weighted by Crippen LogP contribution is -2.27. The van der Waals surface area contributed by atoms with Crippen LogP contribution in [0.4, 0.5) is 0 Å². The number of carbonyl (C=O) groups excluding carboxylic acids is 1. The van der Waals surface area contributed by atoms with Crippen LogP contribution in [-0.2, 0) is 14.3 Å². The number of carboxylic acid groups (broad SMARTS) is 1. The maximum atomic E-state index is 11.4. The zero-order valence-corrected chi connectivity index (χ0v) is 12.1. The molecule has 1 aromatic rings. The van der Waals surface area contributed by atoms with Crippen molar-refractivity contribution < 1.29 is 24.2 Å². The van der Waals surface area contributed by atoms with E-state index in [2.05, 4.69) is 15.9 Å². The Morgan fingerprint density at radius 1 is 1.42 bits per heavy atom. The van der Waals surface area contributed by atoms with Crippen molar-refractivity contribution in [1.29, 1.82) is 0 Å². The number of hydrogen-bond acceptors (Lipinski definition) is 4. The summed E-state index contributed by atoms with van der Waals surface area (Å²) in [4.78, 5) is 22.4. The minimum absolute atomic E-state index is 0.0701. The van der Waals surface area contributed by atoms with Crippen LogP contribution in [-0.4, -0.2) is 30.3 Å². The zero-order chi connectivity index (χ0) is 14.3. The second-order valence-electron chi connectivity index (χ2n) is 3.74. The molecule has 0 heterocycles. The molecule has 0 aliphatic heterocycles. The van der Waals surface area contributed by atoms with Crippen molar-refractivity contribution in [2.45, 2.75) is 13.3 Å². The lowest BCUT2D eigenvalue weighted by molar-refractivity contribution is -0.158. The van der Waals surface area contributed by atoms with Gasteiger partial charge in [-0.3, -0.25) is 9.59 Å². The molecule has 1 rings (SSSR count). The molecule has 1 atom stereocenters. The average Bonchev–Trinajstić information content (AvgIpc) is 2.34. The Morgan fingerprint density at radius 2 is 2.16 bits per heavy atom. The first-order chi connectivity index (χ1) is 9.04. The van der Waals surface area contributed by atoms with E-state index < -0.39 is 17.9 Å². The first-order valence-corrected chi connectivity index (χ1v) is 6.61. The van der Waals surface area contributed by atoms with Crippen LogP contribution in [0.25, 0.3) is 0 Å². The number of carbonyl (C=O) groups is 2. The van der Waals surface area contributed by atoms with Crippen molar-refractivity contribution in [3.8, 4) is 5.75 Å². The van der Waals surface area contributed by atoms with Crippen molar-refractivity contribution in [3.63, 3.8) is 0 Å². The van der Waals surface area contributed by atoms with Crippen molar-refractivity contribution in [2.24, 2.45) is 5.92 Å². The predicted octanol–water partition coefficient (Wildman–Crippen LogP) is 2.48. The largest absolute Gasteiger partial charge is 0.494 e. The van der Waals surface area contributed by atoms with Crippen molar-refractivity contribution >= 4 is 27.9 Å². The topological polar surface area (TPSA) is 72.8 Å². The highest BCUT2D eigenvalue weighted by atomic mass is 79.9. The van der Waals surface area contributed by atoms with E-state index in [0.717, 1.165) is 4.47 Å². The molecule has 0 amide bonds. The molecule has 6 heteroatoms. The van der Waals surface area contributed by atoms with Crippen LogP contribution in [0, 0.1) is 5.92 Å². The minimum atomic E-state index is -1.20. The maximum Gasteiger partial charge on any atom is 0.320 e. The van der Waals surface area contributed by atoms with Gasteiger partial charge in [0.05, 0.1) is 13.2 Å². The quantitative estimate of drug-likeness (QED) is 0.614. The van der Waals surface area contributed by atoms with Gasteiger partial charge in [-0.1, -0.05) is 22.0 Å². The molecule has 104 valence electrons. The van der Waals surface area contributed by atoms with E-state index in [0.29, 0.717) is 5.75 Å². The van der Waals surface area contributed by atoms with Gasteiger partial charge in [0.1, 0.15) is 5.75 Å². The Hall–Kier alpha value is -1.56. The Balaban J connectivity index is 2.49. The fraction of sp³-hybridized carbons (Fsp3) is 0.385. The summed E-state index contributed by atoms with van der Waals surface area (Å²) in [7, 11) is 0. The number of aliphatic carboxylic acids is 1. The summed E-state index contributed by atoms with van der Waals surface area (Å²) in [6.07, 6.45) is 0.0701. The third kappa shape index (κ3) is 5.30. The summed E-state index contributed by atoms with van der Waals surface area (Å²) in [5, 5.41) is 8.95. The summed E-state index contributed by atoms with van der Waals surface area (Å²) in [6, 6.07) is 7.18. The maximum absolute atomic E-state index is 11.4. The molecule has 5 nitrogen and oxygen atoms in total. The standard InChI is InChI=1S/C13H15BrO5/c1-2-18-13(17)11(12(15)16)6-7-19-10-5-3-4-9(14)8-10/h3-5,8,11H,2,6-7H2,1H3,(H,15,16). The summed E-state index contributed by atoms with van der Waals surface area (Å²) in [6.45, 7) is 1.93.